The molecule has 1 aromatic heterocycles. The number of ether oxygens (including phenoxy) is 2. The van der Waals surface area contributed by atoms with Crippen LogP contribution in [0.5, 0.6) is 5.88 Å². The van der Waals surface area contributed by atoms with Gasteiger partial charge in [-0.15, -0.1) is 5.10 Å². The predicted octanol–water partition coefficient (Wildman–Crippen LogP) is 4.04. The molecule has 9 heteroatoms. The van der Waals surface area contributed by atoms with E-state index in [0.717, 1.165) is 0 Å². The number of alkyl halides is 2. The molecule has 2 rings (SSSR count). The number of halogens is 2. The average Bonchev–Trinajstić information content (AvgIpc) is 2.96. The van der Waals surface area contributed by atoms with Crippen molar-refractivity contribution in [3.05, 3.63) is 41.6 Å². The van der Waals surface area contributed by atoms with Crippen molar-refractivity contribution in [3.63, 3.8) is 0 Å². The van der Waals surface area contributed by atoms with Gasteiger partial charge in [0, 0.05) is 22.7 Å². The molecular formula is C15H16F2N2O3S2. The third-order valence-electron chi connectivity index (χ3n) is 2.92. The highest BCUT2D eigenvalue weighted by Crippen LogP contribution is 2.31. The van der Waals surface area contributed by atoms with Crippen LogP contribution in [0, 0.1) is 0 Å². The van der Waals surface area contributed by atoms with Crippen molar-refractivity contribution in [2.45, 2.75) is 30.6 Å². The predicted molar refractivity (Wildman–Crippen MR) is 89.8 cm³/mol. The number of hydrogen-bond donors (Lipinski definition) is 1. The summed E-state index contributed by atoms with van der Waals surface area (Å²) in [5.74, 6) is -2.90. The zero-order valence-corrected chi connectivity index (χ0v) is 14.5. The van der Waals surface area contributed by atoms with Crippen LogP contribution in [-0.2, 0) is 11.3 Å². The summed E-state index contributed by atoms with van der Waals surface area (Å²) in [6, 6.07) is 6.16. The molecule has 0 spiro atoms. The number of thioether (sulfide) groups is 1. The maximum Gasteiger partial charge on any atom is 0.338 e. The van der Waals surface area contributed by atoms with Gasteiger partial charge in [-0.05, 0) is 31.4 Å². The van der Waals surface area contributed by atoms with Gasteiger partial charge >= 0.3 is 5.97 Å². The van der Waals surface area contributed by atoms with Crippen LogP contribution in [0.4, 0.5) is 8.78 Å². The Hall–Kier alpha value is -1.74. The van der Waals surface area contributed by atoms with E-state index in [0.29, 0.717) is 23.7 Å². The van der Waals surface area contributed by atoms with Gasteiger partial charge in [0.1, 0.15) is 6.61 Å². The highest BCUT2D eigenvalue weighted by atomic mass is 32.2. The van der Waals surface area contributed by atoms with E-state index in [9.17, 15) is 13.6 Å². The molecule has 2 aromatic rings. The first-order valence-electron chi connectivity index (χ1n) is 7.12. The highest BCUT2D eigenvalue weighted by Gasteiger charge is 2.19. The minimum atomic E-state index is -2.61. The number of nitrogens with zero attached hydrogens (tertiary/aromatic N) is 2. The van der Waals surface area contributed by atoms with Crippen LogP contribution in [0.3, 0.4) is 0 Å². The molecule has 0 radical (unpaired) electrons. The summed E-state index contributed by atoms with van der Waals surface area (Å²) in [5, 5.41) is 3.93. The molecule has 0 N–H and O–H groups in total. The second kappa shape index (κ2) is 8.93. The second-order valence-corrected chi connectivity index (χ2v) is 6.10. The molecule has 0 amide bonds. The third-order valence-corrected chi connectivity index (χ3v) is 3.96. The molecule has 1 aromatic carbocycles. The Kier molecular flexibility index (Phi) is 6.92. The van der Waals surface area contributed by atoms with Crippen molar-refractivity contribution >= 4 is 30.5 Å². The zero-order valence-electron chi connectivity index (χ0n) is 12.8. The van der Waals surface area contributed by atoms with E-state index in [1.54, 1.807) is 18.3 Å². The molecule has 0 saturated carbocycles. The Morgan fingerprint density at radius 2 is 2.21 bits per heavy atom. The van der Waals surface area contributed by atoms with E-state index in [2.05, 4.69) is 17.9 Å². The lowest BCUT2D eigenvalue weighted by Gasteiger charge is -2.14. The zero-order chi connectivity index (χ0) is 17.5. The summed E-state index contributed by atoms with van der Waals surface area (Å²) in [6.07, 6.45) is 2.23. The maximum atomic E-state index is 12.8. The minimum absolute atomic E-state index is 0.0861. The number of carbonyl (C=O) groups is 1. The highest BCUT2D eigenvalue weighted by molar-refractivity contribution is 7.99. The van der Waals surface area contributed by atoms with Crippen LogP contribution in [-0.4, -0.2) is 27.5 Å². The number of carbonyl (C=O) groups excluding carboxylic acids is 1. The smallest absolute Gasteiger partial charge is 0.338 e. The van der Waals surface area contributed by atoms with Crippen molar-refractivity contribution < 1.29 is 23.0 Å². The van der Waals surface area contributed by atoms with Crippen LogP contribution in [0.2, 0.25) is 0 Å². The van der Waals surface area contributed by atoms with Gasteiger partial charge in [0.15, 0.2) is 0 Å². The molecule has 0 bridgehead atoms. The van der Waals surface area contributed by atoms with E-state index in [-0.39, 0.29) is 29.6 Å². The number of rotatable bonds is 8. The standard InChI is InChI=1S/C15H16F2N2O3S2/c1-2-8-21-14(20)10-4-3-5-12(24-15(16)17)11(10)9-22-13-6-7-19(23)18-13/h3-7,15,23H,2,8-9H2,1H3. The fraction of sp³-hybridized carbons (Fsp3) is 0.333. The quantitative estimate of drug-likeness (QED) is 0.429. The fourth-order valence-electron chi connectivity index (χ4n) is 1.91. The van der Waals surface area contributed by atoms with Crippen molar-refractivity contribution in [2.24, 2.45) is 0 Å². The Labute approximate surface area is 147 Å². The normalized spacial score (nSPS) is 10.9. The summed E-state index contributed by atoms with van der Waals surface area (Å²) in [4.78, 5) is 12.4. The van der Waals surface area contributed by atoms with Gasteiger partial charge in [0.2, 0.25) is 5.88 Å². The second-order valence-electron chi connectivity index (χ2n) is 4.66. The first kappa shape index (κ1) is 18.6. The maximum absolute atomic E-state index is 12.8. The lowest BCUT2D eigenvalue weighted by molar-refractivity contribution is 0.0501. The number of benzene rings is 1. The van der Waals surface area contributed by atoms with Crippen molar-refractivity contribution in [3.8, 4) is 5.88 Å². The SMILES string of the molecule is CCCOC(=O)c1cccc(SC(F)F)c1COc1ccn(S)n1. The number of aromatic nitrogens is 2. The summed E-state index contributed by atoms with van der Waals surface area (Å²) in [6.45, 7) is 2.04. The van der Waals surface area contributed by atoms with Crippen molar-refractivity contribution in [2.75, 3.05) is 6.61 Å². The molecule has 0 unspecified atom stereocenters. The van der Waals surface area contributed by atoms with Crippen LogP contribution >= 0.6 is 24.6 Å². The van der Waals surface area contributed by atoms with Crippen LogP contribution in [0.15, 0.2) is 35.4 Å². The number of thiol groups is 1. The molecule has 5 nitrogen and oxygen atoms in total. The molecular weight excluding hydrogens is 358 g/mol. The Morgan fingerprint density at radius 1 is 1.42 bits per heavy atom. The van der Waals surface area contributed by atoms with E-state index in [4.69, 9.17) is 9.47 Å². The molecule has 0 saturated heterocycles. The number of esters is 1. The van der Waals surface area contributed by atoms with Crippen LogP contribution in [0.1, 0.15) is 29.3 Å². The van der Waals surface area contributed by atoms with Crippen molar-refractivity contribution in [1.82, 2.24) is 9.19 Å². The first-order valence-corrected chi connectivity index (χ1v) is 8.40. The summed E-state index contributed by atoms with van der Waals surface area (Å²) < 4.78 is 37.4. The monoisotopic (exact) mass is 374 g/mol. The van der Waals surface area contributed by atoms with E-state index in [1.165, 1.54) is 16.2 Å². The Bertz CT molecular complexity index is 695. The van der Waals surface area contributed by atoms with E-state index in [1.807, 2.05) is 6.92 Å². The molecule has 0 fully saturated rings. The molecule has 0 aliphatic heterocycles. The van der Waals surface area contributed by atoms with Gasteiger partial charge in [0.05, 0.1) is 12.2 Å². The molecule has 1 heterocycles. The van der Waals surface area contributed by atoms with Crippen LogP contribution < -0.4 is 4.74 Å². The lowest BCUT2D eigenvalue weighted by atomic mass is 10.1. The number of hydrogen-bond acceptors (Lipinski definition) is 6. The third kappa shape index (κ3) is 5.13. The van der Waals surface area contributed by atoms with E-state index < -0.39 is 11.7 Å². The van der Waals surface area contributed by atoms with E-state index >= 15 is 0 Å². The van der Waals surface area contributed by atoms with Gasteiger partial charge in [0.25, 0.3) is 5.76 Å². The minimum Gasteiger partial charge on any atom is -0.472 e. The van der Waals surface area contributed by atoms with Crippen molar-refractivity contribution in [1.29, 1.82) is 0 Å². The topological polar surface area (TPSA) is 53.4 Å². The Morgan fingerprint density at radius 3 is 2.83 bits per heavy atom. The summed E-state index contributed by atoms with van der Waals surface area (Å²) >= 11 is 4.35. The molecule has 0 aliphatic rings. The molecule has 0 aliphatic carbocycles. The van der Waals surface area contributed by atoms with Gasteiger partial charge in [-0.25, -0.2) is 8.88 Å². The van der Waals surface area contributed by atoms with Gasteiger partial charge < -0.3 is 9.47 Å². The fourth-order valence-corrected chi connectivity index (χ4v) is 2.72. The van der Waals surface area contributed by atoms with Gasteiger partial charge in [-0.1, -0.05) is 24.8 Å². The first-order chi connectivity index (χ1) is 11.5. The molecule has 0 atom stereocenters. The van der Waals surface area contributed by atoms with Gasteiger partial charge in [-0.3, -0.25) is 0 Å². The summed E-state index contributed by atoms with van der Waals surface area (Å²) in [7, 11) is 0. The molecule has 130 valence electrons. The summed E-state index contributed by atoms with van der Waals surface area (Å²) in [5.41, 5.74) is 0.553. The van der Waals surface area contributed by atoms with Gasteiger partial charge in [-0.2, -0.15) is 8.78 Å². The van der Waals surface area contributed by atoms with Crippen LogP contribution in [0.25, 0.3) is 0 Å². The lowest BCUT2D eigenvalue weighted by Crippen LogP contribution is -2.12. The largest absolute Gasteiger partial charge is 0.472 e. The Balaban J connectivity index is 2.26. The average molecular weight is 374 g/mol. The molecule has 24 heavy (non-hydrogen) atoms.